The largest absolute Gasteiger partial charge is 0.305 e. The van der Waals surface area contributed by atoms with Crippen LogP contribution in [0.4, 0.5) is 14.5 Å². The Morgan fingerprint density at radius 1 is 1.00 bits per heavy atom. The zero-order valence-electron chi connectivity index (χ0n) is 18.3. The van der Waals surface area contributed by atoms with Crippen LogP contribution >= 0.6 is 0 Å². The molecule has 3 aromatic carbocycles. The number of hydrogen-bond acceptors (Lipinski definition) is 3. The molecule has 4 aromatic rings. The molecule has 2 aliphatic heterocycles. The average molecular weight is 444 g/mol. The number of nitrogens with zero attached hydrogens (tertiary/aromatic N) is 4. The maximum Gasteiger partial charge on any atom is 0.252 e. The lowest BCUT2D eigenvalue weighted by molar-refractivity contribution is -0.137. The van der Waals surface area contributed by atoms with Gasteiger partial charge in [0.2, 0.25) is 0 Å². The van der Waals surface area contributed by atoms with Gasteiger partial charge in [-0.1, -0.05) is 24.3 Å². The lowest BCUT2D eigenvalue weighted by Crippen LogP contribution is -2.60. The zero-order valence-corrected chi connectivity index (χ0v) is 18.3. The van der Waals surface area contributed by atoms with Crippen LogP contribution in [0, 0.1) is 11.6 Å². The first kappa shape index (κ1) is 20.1. The second kappa shape index (κ2) is 6.96. The topological polar surface area (TPSA) is 41.4 Å². The molecule has 5 nitrogen and oxygen atoms in total. The summed E-state index contributed by atoms with van der Waals surface area (Å²) in [6.07, 6.45) is 2.57. The highest BCUT2D eigenvalue weighted by molar-refractivity contribution is 6.08. The summed E-state index contributed by atoms with van der Waals surface area (Å²) in [5.41, 5.74) is 2.77. The van der Waals surface area contributed by atoms with E-state index >= 15 is 8.78 Å². The molecule has 1 amide bonds. The van der Waals surface area contributed by atoms with Crippen molar-refractivity contribution in [1.29, 1.82) is 0 Å². The molecule has 2 aliphatic rings. The van der Waals surface area contributed by atoms with Crippen LogP contribution in [0.5, 0.6) is 0 Å². The Morgan fingerprint density at radius 2 is 1.76 bits per heavy atom. The Morgan fingerprint density at radius 3 is 2.45 bits per heavy atom. The zero-order chi connectivity index (χ0) is 22.9. The fourth-order valence-electron chi connectivity index (χ4n) is 5.24. The Bertz CT molecular complexity index is 1420. The molecule has 1 saturated heterocycles. The highest BCUT2D eigenvalue weighted by Crippen LogP contribution is 2.50. The van der Waals surface area contributed by atoms with E-state index in [-0.39, 0.29) is 18.0 Å². The van der Waals surface area contributed by atoms with Gasteiger partial charge in [0.25, 0.3) is 5.91 Å². The monoisotopic (exact) mass is 444 g/mol. The van der Waals surface area contributed by atoms with Gasteiger partial charge in [-0.2, -0.15) is 5.10 Å². The van der Waals surface area contributed by atoms with Crippen molar-refractivity contribution >= 4 is 22.5 Å². The number of rotatable bonds is 3. The Hall–Kier alpha value is -3.58. The molecule has 6 rings (SSSR count). The van der Waals surface area contributed by atoms with Gasteiger partial charge < -0.3 is 4.90 Å². The Kier molecular flexibility index (Phi) is 4.23. The van der Waals surface area contributed by atoms with Crippen LogP contribution < -0.4 is 4.90 Å². The van der Waals surface area contributed by atoms with Gasteiger partial charge in [-0.25, -0.2) is 8.78 Å². The second-order valence-electron chi connectivity index (χ2n) is 8.94. The number of aromatic nitrogens is 2. The van der Waals surface area contributed by atoms with Gasteiger partial charge in [0.15, 0.2) is 0 Å². The van der Waals surface area contributed by atoms with Crippen LogP contribution in [0.3, 0.4) is 0 Å². The molecule has 1 atom stereocenters. The van der Waals surface area contributed by atoms with Gasteiger partial charge in [0.05, 0.1) is 12.1 Å². The van der Waals surface area contributed by atoms with Gasteiger partial charge in [-0.3, -0.25) is 14.4 Å². The smallest absolute Gasteiger partial charge is 0.252 e. The molecule has 0 saturated carbocycles. The van der Waals surface area contributed by atoms with Crippen molar-refractivity contribution < 1.29 is 13.6 Å². The lowest BCUT2D eigenvalue weighted by atomic mass is 9.80. The van der Waals surface area contributed by atoms with E-state index < -0.39 is 17.2 Å². The van der Waals surface area contributed by atoms with Crippen molar-refractivity contribution in [2.75, 3.05) is 18.5 Å². The SMILES string of the molecule is CN1CCC12C(=O)N(Cc1c(F)cc(-c3ccc4nn(C)cc4c3)cc1F)c1ccccc12. The summed E-state index contributed by atoms with van der Waals surface area (Å²) in [5, 5.41) is 5.23. The van der Waals surface area contributed by atoms with Crippen LogP contribution in [0.1, 0.15) is 17.5 Å². The standard InChI is InChI=1S/C26H22F2N4O/c1-30-10-9-26(30)20-5-3-4-6-24(20)32(25(26)33)15-19-21(27)12-17(13-22(19)28)16-7-8-23-18(11-16)14-31(2)29-23/h3-8,11-14H,9-10,15H2,1-2H3. The number of benzene rings is 3. The molecule has 1 fully saturated rings. The van der Waals surface area contributed by atoms with E-state index in [1.54, 1.807) is 10.7 Å². The molecule has 0 N–H and O–H groups in total. The summed E-state index contributed by atoms with van der Waals surface area (Å²) < 4.78 is 32.2. The highest BCUT2D eigenvalue weighted by atomic mass is 19.1. The minimum absolute atomic E-state index is 0.108. The predicted molar refractivity (Wildman–Crippen MR) is 123 cm³/mol. The number of carbonyl (C=O) groups is 1. The van der Waals surface area contributed by atoms with Crippen LogP contribution in [0.15, 0.2) is 60.8 Å². The van der Waals surface area contributed by atoms with Gasteiger partial charge >= 0.3 is 0 Å². The number of likely N-dealkylation sites (N-methyl/N-ethyl adjacent to an activating group) is 1. The van der Waals surface area contributed by atoms with E-state index in [4.69, 9.17) is 0 Å². The molecule has 33 heavy (non-hydrogen) atoms. The predicted octanol–water partition coefficient (Wildman–Crippen LogP) is 4.60. The number of likely N-dealkylation sites (tertiary alicyclic amines) is 1. The normalized spacial score (nSPS) is 20.0. The molecule has 7 heteroatoms. The first-order valence-electron chi connectivity index (χ1n) is 10.9. The molecule has 166 valence electrons. The highest BCUT2D eigenvalue weighted by Gasteiger charge is 2.58. The molecule has 1 spiro atoms. The summed E-state index contributed by atoms with van der Waals surface area (Å²) >= 11 is 0. The number of amides is 1. The molecular formula is C26H22F2N4O. The van der Waals surface area contributed by atoms with E-state index in [1.807, 2.05) is 61.6 Å². The number of halogens is 2. The quantitative estimate of drug-likeness (QED) is 0.464. The van der Waals surface area contributed by atoms with Crippen molar-refractivity contribution in [3.63, 3.8) is 0 Å². The van der Waals surface area contributed by atoms with Crippen molar-refractivity contribution in [2.45, 2.75) is 18.5 Å². The van der Waals surface area contributed by atoms with E-state index in [9.17, 15) is 4.79 Å². The number of aryl methyl sites for hydroxylation is 1. The minimum Gasteiger partial charge on any atom is -0.305 e. The van der Waals surface area contributed by atoms with Crippen molar-refractivity contribution in [2.24, 2.45) is 7.05 Å². The molecule has 3 heterocycles. The maximum absolute atomic E-state index is 15.2. The first-order chi connectivity index (χ1) is 15.9. The Balaban J connectivity index is 1.37. The molecule has 1 aromatic heterocycles. The van der Waals surface area contributed by atoms with E-state index in [1.165, 1.54) is 17.0 Å². The third-order valence-electron chi connectivity index (χ3n) is 7.11. The third-order valence-corrected chi connectivity index (χ3v) is 7.11. The van der Waals surface area contributed by atoms with Gasteiger partial charge in [0, 0.05) is 42.0 Å². The fourth-order valence-corrected chi connectivity index (χ4v) is 5.24. The maximum atomic E-state index is 15.2. The summed E-state index contributed by atoms with van der Waals surface area (Å²) in [6.45, 7) is 0.664. The average Bonchev–Trinajstić information content (AvgIpc) is 3.29. The third kappa shape index (κ3) is 2.78. The molecule has 0 aliphatic carbocycles. The summed E-state index contributed by atoms with van der Waals surface area (Å²) in [7, 11) is 3.74. The summed E-state index contributed by atoms with van der Waals surface area (Å²) in [5.74, 6) is -1.45. The second-order valence-corrected chi connectivity index (χ2v) is 8.94. The molecular weight excluding hydrogens is 422 g/mol. The first-order valence-corrected chi connectivity index (χ1v) is 10.9. The number of anilines is 1. The number of para-hydroxylation sites is 1. The molecule has 0 radical (unpaired) electrons. The summed E-state index contributed by atoms with van der Waals surface area (Å²) in [6, 6.07) is 15.7. The number of carbonyl (C=O) groups excluding carboxylic acids is 1. The molecule has 1 unspecified atom stereocenters. The Labute approximate surface area is 189 Å². The lowest BCUT2D eigenvalue weighted by Gasteiger charge is -2.47. The van der Waals surface area contributed by atoms with Crippen LogP contribution in [-0.4, -0.2) is 34.2 Å². The van der Waals surface area contributed by atoms with Crippen LogP contribution in [-0.2, 0) is 23.9 Å². The number of fused-ring (bicyclic) bond motifs is 3. The van der Waals surface area contributed by atoms with Crippen molar-refractivity contribution in [1.82, 2.24) is 14.7 Å². The van der Waals surface area contributed by atoms with Gasteiger partial charge in [0.1, 0.15) is 17.2 Å². The van der Waals surface area contributed by atoms with Gasteiger partial charge in [-0.05, 0) is 54.9 Å². The van der Waals surface area contributed by atoms with E-state index in [0.29, 0.717) is 17.5 Å². The van der Waals surface area contributed by atoms with Crippen LogP contribution in [0.2, 0.25) is 0 Å². The van der Waals surface area contributed by atoms with Crippen molar-refractivity contribution in [3.8, 4) is 11.1 Å². The van der Waals surface area contributed by atoms with Crippen LogP contribution in [0.25, 0.3) is 22.0 Å². The van der Waals surface area contributed by atoms with Gasteiger partial charge in [-0.15, -0.1) is 0 Å². The minimum atomic E-state index is -0.720. The fraction of sp³-hybridized carbons (Fsp3) is 0.231. The molecule has 0 bridgehead atoms. The summed E-state index contributed by atoms with van der Waals surface area (Å²) in [4.78, 5) is 17.0. The van der Waals surface area contributed by atoms with Crippen molar-refractivity contribution in [3.05, 3.63) is 83.6 Å². The number of hydrogen-bond donors (Lipinski definition) is 0. The van der Waals surface area contributed by atoms with E-state index in [2.05, 4.69) is 5.10 Å². The van der Waals surface area contributed by atoms with E-state index in [0.717, 1.165) is 28.7 Å².